The first-order valence-corrected chi connectivity index (χ1v) is 16.2. The lowest BCUT2D eigenvalue weighted by molar-refractivity contribution is -0.128. The fourth-order valence-electron chi connectivity index (χ4n) is 5.33. The third kappa shape index (κ3) is 8.06. The number of ketones is 2. The average molecular weight is 505 g/mol. The summed E-state index contributed by atoms with van der Waals surface area (Å²) in [6.07, 6.45) is 12.2. The SMILES string of the molecule is CC12CCC(C(S(=O)(=O)[O-])C1=O)C2(C)C.CCCCCCC(=O)C[S+](CCCC)CCCC. The molecule has 0 N–H and O–H groups in total. The predicted molar refractivity (Wildman–Crippen MR) is 139 cm³/mol. The number of unbranched alkanes of at least 4 members (excludes halogenated alkanes) is 5. The van der Waals surface area contributed by atoms with E-state index in [4.69, 9.17) is 0 Å². The second kappa shape index (κ2) is 13.6. The molecule has 0 aromatic carbocycles. The summed E-state index contributed by atoms with van der Waals surface area (Å²) in [5, 5.41) is -1.30. The van der Waals surface area contributed by atoms with Crippen LogP contribution < -0.4 is 0 Å². The van der Waals surface area contributed by atoms with E-state index in [0.717, 1.165) is 18.6 Å². The number of hydrogen-bond acceptors (Lipinski definition) is 5. The van der Waals surface area contributed by atoms with Crippen LogP contribution in [0.1, 0.15) is 112 Å². The van der Waals surface area contributed by atoms with Crippen LogP contribution in [-0.4, -0.2) is 47.0 Å². The van der Waals surface area contributed by atoms with Gasteiger partial charge in [-0.2, -0.15) is 0 Å². The molecule has 2 rings (SSSR count). The van der Waals surface area contributed by atoms with Gasteiger partial charge < -0.3 is 4.55 Å². The van der Waals surface area contributed by atoms with E-state index in [-0.39, 0.29) is 17.1 Å². The molecule has 2 aliphatic rings. The fraction of sp³-hybridized carbons (Fsp3) is 0.923. The van der Waals surface area contributed by atoms with Crippen molar-refractivity contribution in [3.63, 3.8) is 0 Å². The standard InChI is InChI=1S/C16H33OS.C10H16O4S/c1-4-7-10-11-12-16(17)15-18(13-8-5-2)14-9-6-3;1-9(2)6-4-5-10(9,3)8(11)7(6)15(12,13)14/h4-15H2,1-3H3;6-7H,4-5H2,1-3H3,(H,12,13,14)/q+1;/p-1. The summed E-state index contributed by atoms with van der Waals surface area (Å²) >= 11 is 0. The van der Waals surface area contributed by atoms with Crippen LogP contribution >= 0.6 is 0 Å². The number of carbonyl (C=O) groups is 2. The molecule has 5 nitrogen and oxygen atoms in total. The molecule has 0 spiro atoms. The van der Waals surface area contributed by atoms with Gasteiger partial charge in [0.15, 0.2) is 17.3 Å². The summed E-state index contributed by atoms with van der Waals surface area (Å²) in [5.41, 5.74) is -0.994. The van der Waals surface area contributed by atoms with Gasteiger partial charge in [-0.15, -0.1) is 0 Å². The fourth-order valence-corrected chi connectivity index (χ4v) is 9.22. The average Bonchev–Trinajstić information content (AvgIpc) is 3.05. The smallest absolute Gasteiger partial charge is 0.181 e. The molecule has 33 heavy (non-hydrogen) atoms. The number of carbonyl (C=O) groups excluding carboxylic acids is 2. The Morgan fingerprint density at radius 2 is 1.52 bits per heavy atom. The monoisotopic (exact) mass is 504 g/mol. The topological polar surface area (TPSA) is 91.3 Å². The maximum atomic E-state index is 12.0. The van der Waals surface area contributed by atoms with Crippen molar-refractivity contribution in [3.8, 4) is 0 Å². The van der Waals surface area contributed by atoms with Crippen LogP contribution in [0, 0.1) is 16.7 Å². The van der Waals surface area contributed by atoms with Gasteiger partial charge in [0, 0.05) is 11.8 Å². The number of Topliss-reactive ketones (excluding diaryl/α,β-unsaturated/α-hetero) is 2. The van der Waals surface area contributed by atoms with Crippen LogP contribution in [0.25, 0.3) is 0 Å². The van der Waals surface area contributed by atoms with Crippen molar-refractivity contribution in [3.05, 3.63) is 0 Å². The molecule has 0 heterocycles. The Bertz CT molecular complexity index is 723. The zero-order valence-electron chi connectivity index (χ0n) is 21.9. The van der Waals surface area contributed by atoms with Gasteiger partial charge in [-0.25, -0.2) is 8.42 Å². The molecule has 0 radical (unpaired) electrons. The Balaban J connectivity index is 0.000000334. The van der Waals surface area contributed by atoms with Crippen LogP contribution in [0.15, 0.2) is 0 Å². The molecule has 3 atom stereocenters. The Morgan fingerprint density at radius 3 is 1.91 bits per heavy atom. The van der Waals surface area contributed by atoms with Crippen molar-refractivity contribution < 1.29 is 22.6 Å². The zero-order valence-corrected chi connectivity index (χ0v) is 23.5. The van der Waals surface area contributed by atoms with E-state index in [0.29, 0.717) is 29.5 Å². The molecule has 2 aliphatic carbocycles. The van der Waals surface area contributed by atoms with Crippen molar-refractivity contribution in [2.24, 2.45) is 16.7 Å². The lowest BCUT2D eigenvalue weighted by atomic mass is 9.70. The Kier molecular flexibility index (Phi) is 12.6. The Hall–Kier alpha value is -0.400. The van der Waals surface area contributed by atoms with Crippen molar-refractivity contribution in [1.82, 2.24) is 0 Å². The highest BCUT2D eigenvalue weighted by Crippen LogP contribution is 2.64. The summed E-state index contributed by atoms with van der Waals surface area (Å²) in [5.74, 6) is 3.33. The maximum absolute atomic E-state index is 12.0. The van der Waals surface area contributed by atoms with Gasteiger partial charge >= 0.3 is 0 Å². The van der Waals surface area contributed by atoms with E-state index >= 15 is 0 Å². The first-order chi connectivity index (χ1) is 15.4. The molecule has 0 saturated heterocycles. The Labute approximate surface area is 206 Å². The molecule has 3 unspecified atom stereocenters. The minimum Gasteiger partial charge on any atom is -0.747 e. The van der Waals surface area contributed by atoms with E-state index in [1.54, 1.807) is 6.92 Å². The minimum absolute atomic E-state index is 0.294. The maximum Gasteiger partial charge on any atom is 0.181 e. The highest BCUT2D eigenvalue weighted by Gasteiger charge is 2.67. The van der Waals surface area contributed by atoms with Gasteiger partial charge in [-0.3, -0.25) is 9.59 Å². The van der Waals surface area contributed by atoms with Gasteiger partial charge in [0.2, 0.25) is 0 Å². The van der Waals surface area contributed by atoms with Gasteiger partial charge in [0.1, 0.15) is 26.9 Å². The molecule has 0 aromatic rings. The summed E-state index contributed by atoms with van der Waals surface area (Å²) in [6.45, 7) is 12.3. The minimum atomic E-state index is -4.49. The molecular formula is C26H48O5S2. The molecule has 7 heteroatoms. The largest absolute Gasteiger partial charge is 0.747 e. The lowest BCUT2D eigenvalue weighted by Gasteiger charge is -2.32. The van der Waals surface area contributed by atoms with Crippen molar-refractivity contribution in [1.29, 1.82) is 0 Å². The van der Waals surface area contributed by atoms with Gasteiger partial charge in [0.25, 0.3) is 0 Å². The molecule has 2 fully saturated rings. The van der Waals surface area contributed by atoms with Crippen molar-refractivity contribution in [2.45, 2.75) is 117 Å². The van der Waals surface area contributed by atoms with Crippen LogP contribution in [0.4, 0.5) is 0 Å². The lowest BCUT2D eigenvalue weighted by Crippen LogP contribution is -2.38. The summed E-state index contributed by atoms with van der Waals surface area (Å²) in [6, 6.07) is 0. The summed E-state index contributed by atoms with van der Waals surface area (Å²) in [7, 11) is -4.10. The quantitative estimate of drug-likeness (QED) is 0.173. The van der Waals surface area contributed by atoms with Crippen LogP contribution in [0.2, 0.25) is 0 Å². The third-order valence-corrected chi connectivity index (χ3v) is 11.7. The van der Waals surface area contributed by atoms with E-state index in [1.165, 1.54) is 56.5 Å². The van der Waals surface area contributed by atoms with Gasteiger partial charge in [-0.1, -0.05) is 73.6 Å². The zero-order chi connectivity index (χ0) is 25.3. The van der Waals surface area contributed by atoms with Crippen LogP contribution in [0.3, 0.4) is 0 Å². The normalized spacial score (nSPS) is 25.9. The highest BCUT2D eigenvalue weighted by molar-refractivity contribution is 7.97. The van der Waals surface area contributed by atoms with Gasteiger partial charge in [-0.05, 0) is 54.3 Å². The third-order valence-electron chi connectivity index (χ3n) is 8.03. The van der Waals surface area contributed by atoms with Crippen molar-refractivity contribution >= 4 is 32.6 Å². The second-order valence-corrected chi connectivity index (χ2v) is 14.5. The first-order valence-electron chi connectivity index (χ1n) is 13.0. The van der Waals surface area contributed by atoms with Crippen LogP contribution in [-0.2, 0) is 30.6 Å². The summed E-state index contributed by atoms with van der Waals surface area (Å²) < 4.78 is 33.3. The molecular weight excluding hydrogens is 456 g/mol. The second-order valence-electron chi connectivity index (χ2n) is 10.7. The number of rotatable bonds is 14. The van der Waals surface area contributed by atoms with E-state index in [2.05, 4.69) is 20.8 Å². The molecule has 0 amide bonds. The molecule has 0 aromatic heterocycles. The van der Waals surface area contributed by atoms with E-state index < -0.39 is 20.8 Å². The molecule has 0 aliphatic heterocycles. The van der Waals surface area contributed by atoms with E-state index in [1.807, 2.05) is 13.8 Å². The van der Waals surface area contributed by atoms with Crippen LogP contribution in [0.5, 0.6) is 0 Å². The number of fused-ring (bicyclic) bond motifs is 2. The highest BCUT2D eigenvalue weighted by atomic mass is 32.2. The molecule has 2 saturated carbocycles. The number of hydrogen-bond donors (Lipinski definition) is 0. The van der Waals surface area contributed by atoms with Crippen molar-refractivity contribution in [2.75, 3.05) is 17.3 Å². The summed E-state index contributed by atoms with van der Waals surface area (Å²) in [4.78, 5) is 23.9. The Morgan fingerprint density at radius 1 is 0.970 bits per heavy atom. The molecule has 194 valence electrons. The van der Waals surface area contributed by atoms with E-state index in [9.17, 15) is 22.6 Å². The van der Waals surface area contributed by atoms with Gasteiger partial charge in [0.05, 0.1) is 0 Å². The predicted octanol–water partition coefficient (Wildman–Crippen LogP) is 5.67. The molecule has 2 bridgehead atoms. The first kappa shape index (κ1) is 30.6.